The summed E-state index contributed by atoms with van der Waals surface area (Å²) in [6.45, 7) is 6.01. The second kappa shape index (κ2) is 11.4. The Bertz CT molecular complexity index is 801. The van der Waals surface area contributed by atoms with Crippen molar-refractivity contribution in [2.45, 2.75) is 39.7 Å². The van der Waals surface area contributed by atoms with Gasteiger partial charge in [-0.1, -0.05) is 49.7 Å². The normalized spacial score (nSPS) is 11.7. The van der Waals surface area contributed by atoms with Gasteiger partial charge in [0.25, 0.3) is 5.91 Å². The van der Waals surface area contributed by atoms with E-state index in [1.54, 1.807) is 17.5 Å². The van der Waals surface area contributed by atoms with Crippen molar-refractivity contribution in [1.29, 1.82) is 0 Å². The number of amides is 2. The average molecular weight is 417 g/mol. The second-order valence-corrected chi connectivity index (χ2v) is 8.12. The quantitative estimate of drug-likeness (QED) is 0.460. The fraction of sp³-hybridized carbons (Fsp3) is 0.409. The molecule has 0 saturated heterocycles. The van der Waals surface area contributed by atoms with Crippen molar-refractivity contribution < 1.29 is 19.1 Å². The van der Waals surface area contributed by atoms with Gasteiger partial charge < -0.3 is 15.4 Å². The van der Waals surface area contributed by atoms with E-state index in [4.69, 9.17) is 4.74 Å². The SMILES string of the molecule is Cc1ccc(CCC(=O)NCCOC(=O)C(NC(=O)c2cccs2)C(C)C)cc1. The summed E-state index contributed by atoms with van der Waals surface area (Å²) in [7, 11) is 0. The van der Waals surface area contributed by atoms with Gasteiger partial charge in [0, 0.05) is 6.42 Å². The van der Waals surface area contributed by atoms with Crippen molar-refractivity contribution in [2.24, 2.45) is 5.92 Å². The standard InChI is InChI=1S/C22H28N2O4S/c1-15(2)20(24-21(26)18-5-4-14-29-18)22(27)28-13-12-23-19(25)11-10-17-8-6-16(3)7-9-17/h4-9,14-15,20H,10-13H2,1-3H3,(H,23,25)(H,24,26). The largest absolute Gasteiger partial charge is 0.462 e. The first-order valence-electron chi connectivity index (χ1n) is 9.70. The zero-order valence-corrected chi connectivity index (χ0v) is 17.9. The van der Waals surface area contributed by atoms with E-state index in [0.29, 0.717) is 17.7 Å². The third-order valence-electron chi connectivity index (χ3n) is 4.38. The highest BCUT2D eigenvalue weighted by Crippen LogP contribution is 2.11. The number of hydrogen-bond acceptors (Lipinski definition) is 5. The summed E-state index contributed by atoms with van der Waals surface area (Å²) in [6.07, 6.45) is 1.04. The number of ether oxygens (including phenoxy) is 1. The summed E-state index contributed by atoms with van der Waals surface area (Å²) in [5.41, 5.74) is 2.30. The van der Waals surface area contributed by atoms with Crippen molar-refractivity contribution in [3.05, 3.63) is 57.8 Å². The van der Waals surface area contributed by atoms with Gasteiger partial charge in [-0.2, -0.15) is 0 Å². The summed E-state index contributed by atoms with van der Waals surface area (Å²) < 4.78 is 5.25. The van der Waals surface area contributed by atoms with E-state index < -0.39 is 12.0 Å². The fourth-order valence-electron chi connectivity index (χ4n) is 2.65. The van der Waals surface area contributed by atoms with E-state index >= 15 is 0 Å². The number of rotatable bonds is 10. The van der Waals surface area contributed by atoms with Crippen molar-refractivity contribution in [3.63, 3.8) is 0 Å². The molecule has 2 amide bonds. The first kappa shape index (κ1) is 22.6. The van der Waals surface area contributed by atoms with Crippen LogP contribution in [-0.4, -0.2) is 37.0 Å². The number of carbonyl (C=O) groups excluding carboxylic acids is 3. The molecule has 7 heteroatoms. The molecular weight excluding hydrogens is 388 g/mol. The summed E-state index contributed by atoms with van der Waals surface area (Å²) in [6, 6.07) is 10.8. The number of esters is 1. The van der Waals surface area contributed by atoms with Crippen molar-refractivity contribution in [3.8, 4) is 0 Å². The molecule has 0 saturated carbocycles. The molecule has 0 aliphatic heterocycles. The third kappa shape index (κ3) is 7.69. The predicted octanol–water partition coefficient (Wildman–Crippen LogP) is 3.10. The highest BCUT2D eigenvalue weighted by molar-refractivity contribution is 7.12. The van der Waals surface area contributed by atoms with Crippen molar-refractivity contribution in [2.75, 3.05) is 13.2 Å². The van der Waals surface area contributed by atoms with Gasteiger partial charge in [0.2, 0.25) is 5.91 Å². The minimum absolute atomic E-state index is 0.0627. The number of benzene rings is 1. The third-order valence-corrected chi connectivity index (χ3v) is 5.25. The molecule has 2 rings (SSSR count). The Balaban J connectivity index is 1.69. The molecule has 29 heavy (non-hydrogen) atoms. The first-order valence-corrected chi connectivity index (χ1v) is 10.6. The number of aryl methyl sites for hydroxylation is 2. The average Bonchev–Trinajstić information content (AvgIpc) is 3.23. The molecule has 2 N–H and O–H groups in total. The maximum Gasteiger partial charge on any atom is 0.328 e. The molecule has 156 valence electrons. The lowest BCUT2D eigenvalue weighted by Crippen LogP contribution is -2.45. The van der Waals surface area contributed by atoms with Crippen LogP contribution in [0.5, 0.6) is 0 Å². The van der Waals surface area contributed by atoms with Crippen LogP contribution in [0.15, 0.2) is 41.8 Å². The molecule has 0 radical (unpaired) electrons. The van der Waals surface area contributed by atoms with Gasteiger partial charge in [-0.25, -0.2) is 4.79 Å². The van der Waals surface area contributed by atoms with E-state index in [1.807, 2.05) is 45.0 Å². The van der Waals surface area contributed by atoms with Crippen molar-refractivity contribution in [1.82, 2.24) is 10.6 Å². The number of hydrogen-bond donors (Lipinski definition) is 2. The molecule has 1 aromatic heterocycles. The molecule has 2 aromatic rings. The van der Waals surface area contributed by atoms with E-state index in [9.17, 15) is 14.4 Å². The lowest BCUT2D eigenvalue weighted by Gasteiger charge is -2.20. The van der Waals surface area contributed by atoms with Crippen LogP contribution in [0.2, 0.25) is 0 Å². The lowest BCUT2D eigenvalue weighted by atomic mass is 10.0. The Morgan fingerprint density at radius 3 is 2.45 bits per heavy atom. The minimum atomic E-state index is -0.734. The molecule has 6 nitrogen and oxygen atoms in total. The van der Waals surface area contributed by atoms with Crippen LogP contribution in [-0.2, 0) is 20.7 Å². The highest BCUT2D eigenvalue weighted by atomic mass is 32.1. The van der Waals surface area contributed by atoms with Crippen LogP contribution in [0, 0.1) is 12.8 Å². The molecular formula is C22H28N2O4S. The summed E-state index contributed by atoms with van der Waals surface area (Å²) in [5, 5.41) is 7.27. The van der Waals surface area contributed by atoms with Crippen LogP contribution in [0.3, 0.4) is 0 Å². The minimum Gasteiger partial charge on any atom is -0.462 e. The molecule has 0 fully saturated rings. The molecule has 0 aliphatic carbocycles. The van der Waals surface area contributed by atoms with Gasteiger partial charge in [0.1, 0.15) is 12.6 Å². The summed E-state index contributed by atoms with van der Waals surface area (Å²) in [4.78, 5) is 37.0. The number of carbonyl (C=O) groups is 3. The molecule has 0 aliphatic rings. The van der Waals surface area contributed by atoms with E-state index in [1.165, 1.54) is 16.9 Å². The fourth-order valence-corrected chi connectivity index (χ4v) is 3.28. The summed E-state index contributed by atoms with van der Waals surface area (Å²) in [5.74, 6) is -0.998. The molecule has 1 unspecified atom stereocenters. The van der Waals surface area contributed by atoms with Crippen LogP contribution < -0.4 is 10.6 Å². The van der Waals surface area contributed by atoms with Gasteiger partial charge >= 0.3 is 5.97 Å². The Morgan fingerprint density at radius 1 is 1.10 bits per heavy atom. The molecule has 0 bridgehead atoms. The topological polar surface area (TPSA) is 84.5 Å². The Hall–Kier alpha value is -2.67. The Kier molecular flexibility index (Phi) is 8.86. The van der Waals surface area contributed by atoms with Gasteiger partial charge in [0.05, 0.1) is 11.4 Å². The van der Waals surface area contributed by atoms with Crippen LogP contribution in [0.1, 0.15) is 41.1 Å². The number of nitrogens with one attached hydrogen (secondary N) is 2. The second-order valence-electron chi connectivity index (χ2n) is 7.18. The van der Waals surface area contributed by atoms with E-state index in [2.05, 4.69) is 10.6 Å². The highest BCUT2D eigenvalue weighted by Gasteiger charge is 2.26. The van der Waals surface area contributed by atoms with E-state index in [0.717, 1.165) is 5.56 Å². The van der Waals surface area contributed by atoms with Gasteiger partial charge in [-0.05, 0) is 36.3 Å². The van der Waals surface area contributed by atoms with Crippen LogP contribution in [0.25, 0.3) is 0 Å². The molecule has 1 atom stereocenters. The lowest BCUT2D eigenvalue weighted by molar-refractivity contribution is -0.147. The monoisotopic (exact) mass is 416 g/mol. The van der Waals surface area contributed by atoms with Crippen LogP contribution in [0.4, 0.5) is 0 Å². The maximum absolute atomic E-state index is 12.3. The maximum atomic E-state index is 12.3. The smallest absolute Gasteiger partial charge is 0.328 e. The molecule has 1 heterocycles. The number of thiophene rings is 1. The van der Waals surface area contributed by atoms with Gasteiger partial charge in [0.15, 0.2) is 0 Å². The Morgan fingerprint density at radius 2 is 1.83 bits per heavy atom. The van der Waals surface area contributed by atoms with Crippen molar-refractivity contribution >= 4 is 29.1 Å². The Labute approximate surface area is 175 Å². The van der Waals surface area contributed by atoms with E-state index in [-0.39, 0.29) is 30.9 Å². The predicted molar refractivity (Wildman–Crippen MR) is 114 cm³/mol. The summed E-state index contributed by atoms with van der Waals surface area (Å²) >= 11 is 1.31. The first-order chi connectivity index (χ1) is 13.9. The van der Waals surface area contributed by atoms with Gasteiger partial charge in [-0.15, -0.1) is 11.3 Å². The molecule has 1 aromatic carbocycles. The molecule has 0 spiro atoms. The van der Waals surface area contributed by atoms with Crippen LogP contribution >= 0.6 is 11.3 Å². The van der Waals surface area contributed by atoms with Gasteiger partial charge in [-0.3, -0.25) is 9.59 Å². The zero-order chi connectivity index (χ0) is 21.2. The zero-order valence-electron chi connectivity index (χ0n) is 17.1.